The Kier molecular flexibility index (Phi) is 4.40. The Bertz CT molecular complexity index is 578. The zero-order valence-corrected chi connectivity index (χ0v) is 12.1. The quantitative estimate of drug-likeness (QED) is 0.922. The van der Waals surface area contributed by atoms with Gasteiger partial charge in [-0.3, -0.25) is 0 Å². The summed E-state index contributed by atoms with van der Waals surface area (Å²) in [6.07, 6.45) is -0.0803. The van der Waals surface area contributed by atoms with E-state index in [4.69, 9.17) is 0 Å². The van der Waals surface area contributed by atoms with Crippen LogP contribution in [0.25, 0.3) is 0 Å². The van der Waals surface area contributed by atoms with Gasteiger partial charge in [-0.25, -0.2) is 4.39 Å². The van der Waals surface area contributed by atoms with Crippen molar-refractivity contribution in [2.45, 2.75) is 19.4 Å². The van der Waals surface area contributed by atoms with Crippen molar-refractivity contribution in [3.05, 3.63) is 65.0 Å². The van der Waals surface area contributed by atoms with Crippen LogP contribution in [0.4, 0.5) is 10.1 Å². The maximum absolute atomic E-state index is 13.1. The SMILES string of the molecule is Cc1cc(F)ccc1CC(O)c1ccc(N(C)C)cc1. The van der Waals surface area contributed by atoms with Gasteiger partial charge in [0.25, 0.3) is 0 Å². The molecule has 0 bridgehead atoms. The molecule has 2 aromatic rings. The lowest BCUT2D eigenvalue weighted by atomic mass is 9.98. The molecular weight excluding hydrogens is 253 g/mol. The number of hydrogen-bond donors (Lipinski definition) is 1. The van der Waals surface area contributed by atoms with Crippen LogP contribution in [0.2, 0.25) is 0 Å². The first-order valence-corrected chi connectivity index (χ1v) is 6.68. The number of anilines is 1. The maximum Gasteiger partial charge on any atom is 0.123 e. The second-order valence-corrected chi connectivity index (χ2v) is 5.28. The minimum atomic E-state index is -0.574. The first-order valence-electron chi connectivity index (χ1n) is 6.68. The van der Waals surface area contributed by atoms with Crippen LogP contribution in [0.15, 0.2) is 42.5 Å². The van der Waals surface area contributed by atoms with E-state index in [0.29, 0.717) is 6.42 Å². The summed E-state index contributed by atoms with van der Waals surface area (Å²) in [5.41, 5.74) is 3.81. The molecule has 0 fully saturated rings. The van der Waals surface area contributed by atoms with Crippen LogP contribution >= 0.6 is 0 Å². The van der Waals surface area contributed by atoms with Gasteiger partial charge in [0.1, 0.15) is 5.82 Å². The molecule has 0 amide bonds. The second kappa shape index (κ2) is 6.06. The molecule has 20 heavy (non-hydrogen) atoms. The molecule has 0 heterocycles. The van der Waals surface area contributed by atoms with Crippen molar-refractivity contribution in [1.82, 2.24) is 0 Å². The number of benzene rings is 2. The van der Waals surface area contributed by atoms with Crippen LogP contribution in [-0.2, 0) is 6.42 Å². The normalized spacial score (nSPS) is 12.2. The van der Waals surface area contributed by atoms with E-state index in [1.165, 1.54) is 12.1 Å². The molecule has 2 rings (SSSR count). The molecule has 0 aromatic heterocycles. The number of aryl methyl sites for hydroxylation is 1. The Hall–Kier alpha value is -1.87. The van der Waals surface area contributed by atoms with Gasteiger partial charge in [-0.05, 0) is 47.9 Å². The highest BCUT2D eigenvalue weighted by atomic mass is 19.1. The van der Waals surface area contributed by atoms with E-state index in [0.717, 1.165) is 22.4 Å². The molecule has 1 unspecified atom stereocenters. The maximum atomic E-state index is 13.1. The minimum absolute atomic E-state index is 0.240. The number of rotatable bonds is 4. The summed E-state index contributed by atoms with van der Waals surface area (Å²) in [6.45, 7) is 1.86. The predicted octanol–water partition coefficient (Wildman–Crippen LogP) is 3.48. The van der Waals surface area contributed by atoms with E-state index >= 15 is 0 Å². The van der Waals surface area contributed by atoms with Crippen LogP contribution < -0.4 is 4.90 Å². The van der Waals surface area contributed by atoms with Gasteiger partial charge in [0, 0.05) is 26.2 Å². The van der Waals surface area contributed by atoms with Crippen molar-refractivity contribution in [2.24, 2.45) is 0 Å². The third kappa shape index (κ3) is 3.36. The van der Waals surface area contributed by atoms with Crippen LogP contribution in [0.5, 0.6) is 0 Å². The van der Waals surface area contributed by atoms with Gasteiger partial charge in [-0.15, -0.1) is 0 Å². The Morgan fingerprint density at radius 3 is 2.30 bits per heavy atom. The molecule has 1 N–H and O–H groups in total. The average Bonchev–Trinajstić information content (AvgIpc) is 2.42. The number of halogens is 1. The van der Waals surface area contributed by atoms with Gasteiger partial charge in [0.05, 0.1) is 6.10 Å². The summed E-state index contributed by atoms with van der Waals surface area (Å²) >= 11 is 0. The minimum Gasteiger partial charge on any atom is -0.388 e. The summed E-state index contributed by atoms with van der Waals surface area (Å²) in [6, 6.07) is 12.5. The average molecular weight is 273 g/mol. The third-order valence-electron chi connectivity index (χ3n) is 3.51. The highest BCUT2D eigenvalue weighted by Crippen LogP contribution is 2.23. The molecule has 2 aromatic carbocycles. The predicted molar refractivity (Wildman–Crippen MR) is 80.6 cm³/mol. The van der Waals surface area contributed by atoms with E-state index in [1.807, 2.05) is 50.2 Å². The molecule has 0 spiro atoms. The topological polar surface area (TPSA) is 23.5 Å². The highest BCUT2D eigenvalue weighted by molar-refractivity contribution is 5.46. The van der Waals surface area contributed by atoms with Gasteiger partial charge >= 0.3 is 0 Å². The van der Waals surface area contributed by atoms with Crippen LogP contribution in [-0.4, -0.2) is 19.2 Å². The van der Waals surface area contributed by atoms with E-state index in [2.05, 4.69) is 0 Å². The fraction of sp³-hybridized carbons (Fsp3) is 0.294. The number of aliphatic hydroxyl groups is 1. The lowest BCUT2D eigenvalue weighted by molar-refractivity contribution is 0.178. The van der Waals surface area contributed by atoms with Gasteiger partial charge in [-0.2, -0.15) is 0 Å². The Balaban J connectivity index is 2.13. The largest absolute Gasteiger partial charge is 0.388 e. The van der Waals surface area contributed by atoms with Crippen LogP contribution in [0.1, 0.15) is 22.8 Å². The first kappa shape index (κ1) is 14.5. The molecule has 0 aliphatic rings. The van der Waals surface area contributed by atoms with Crippen molar-refractivity contribution in [3.63, 3.8) is 0 Å². The van der Waals surface area contributed by atoms with Crippen molar-refractivity contribution in [2.75, 3.05) is 19.0 Å². The Labute approximate surface area is 119 Å². The fourth-order valence-corrected chi connectivity index (χ4v) is 2.21. The van der Waals surface area contributed by atoms with E-state index in [9.17, 15) is 9.50 Å². The molecule has 0 aliphatic heterocycles. The summed E-state index contributed by atoms with van der Waals surface area (Å²) in [7, 11) is 3.96. The Morgan fingerprint density at radius 1 is 1.10 bits per heavy atom. The number of hydrogen-bond acceptors (Lipinski definition) is 2. The van der Waals surface area contributed by atoms with Gasteiger partial charge in [-0.1, -0.05) is 18.2 Å². The molecule has 0 saturated heterocycles. The standard InChI is InChI=1S/C17H20FNO/c1-12-10-15(18)7-4-14(12)11-17(20)13-5-8-16(9-6-13)19(2)3/h4-10,17,20H,11H2,1-3H3. The number of aliphatic hydroxyl groups excluding tert-OH is 1. The summed E-state index contributed by atoms with van der Waals surface area (Å²) in [5, 5.41) is 10.3. The first-order chi connectivity index (χ1) is 9.47. The van der Waals surface area contributed by atoms with Crippen LogP contribution in [0.3, 0.4) is 0 Å². The number of nitrogens with zero attached hydrogens (tertiary/aromatic N) is 1. The smallest absolute Gasteiger partial charge is 0.123 e. The van der Waals surface area contributed by atoms with E-state index in [-0.39, 0.29) is 5.82 Å². The monoisotopic (exact) mass is 273 g/mol. The molecular formula is C17H20FNO. The van der Waals surface area contributed by atoms with E-state index in [1.54, 1.807) is 6.07 Å². The fourth-order valence-electron chi connectivity index (χ4n) is 2.21. The van der Waals surface area contributed by atoms with Gasteiger partial charge in [0.2, 0.25) is 0 Å². The molecule has 0 radical (unpaired) electrons. The second-order valence-electron chi connectivity index (χ2n) is 5.28. The zero-order valence-electron chi connectivity index (χ0n) is 12.1. The lowest BCUT2D eigenvalue weighted by Gasteiger charge is -2.16. The Morgan fingerprint density at radius 2 is 1.75 bits per heavy atom. The molecule has 0 saturated carbocycles. The van der Waals surface area contributed by atoms with Crippen molar-refractivity contribution in [3.8, 4) is 0 Å². The summed E-state index contributed by atoms with van der Waals surface area (Å²) < 4.78 is 13.1. The highest BCUT2D eigenvalue weighted by Gasteiger charge is 2.11. The lowest BCUT2D eigenvalue weighted by Crippen LogP contribution is -2.09. The third-order valence-corrected chi connectivity index (χ3v) is 3.51. The molecule has 0 aliphatic carbocycles. The van der Waals surface area contributed by atoms with Crippen molar-refractivity contribution >= 4 is 5.69 Å². The molecule has 2 nitrogen and oxygen atoms in total. The van der Waals surface area contributed by atoms with Crippen molar-refractivity contribution in [1.29, 1.82) is 0 Å². The zero-order chi connectivity index (χ0) is 14.7. The van der Waals surface area contributed by atoms with Crippen LogP contribution in [0, 0.1) is 12.7 Å². The molecule has 3 heteroatoms. The molecule has 1 atom stereocenters. The van der Waals surface area contributed by atoms with Gasteiger partial charge < -0.3 is 10.0 Å². The van der Waals surface area contributed by atoms with Crippen molar-refractivity contribution < 1.29 is 9.50 Å². The van der Waals surface area contributed by atoms with E-state index < -0.39 is 6.10 Å². The summed E-state index contributed by atoms with van der Waals surface area (Å²) in [5.74, 6) is -0.240. The molecule has 106 valence electrons. The van der Waals surface area contributed by atoms with Gasteiger partial charge in [0.15, 0.2) is 0 Å². The summed E-state index contributed by atoms with van der Waals surface area (Å²) in [4.78, 5) is 2.01.